The van der Waals surface area contributed by atoms with Crippen LogP contribution in [0.1, 0.15) is 108 Å². The number of hydrogen-bond donors (Lipinski definition) is 0. The predicted octanol–water partition coefficient (Wildman–Crippen LogP) is 19.1. The van der Waals surface area contributed by atoms with Gasteiger partial charge in [0.25, 0.3) is 0 Å². The average molecular weight is 903 g/mol. The molecule has 0 nitrogen and oxygen atoms in total. The molecular weight excluding hydrogens is 841 g/mol. The molecule has 0 fully saturated rings. The van der Waals surface area contributed by atoms with Crippen molar-refractivity contribution in [3.63, 3.8) is 0 Å². The molecule has 9 aromatic carbocycles. The highest BCUT2D eigenvalue weighted by Gasteiger charge is 2.27. The van der Waals surface area contributed by atoms with Gasteiger partial charge in [0.2, 0.25) is 0 Å². The van der Waals surface area contributed by atoms with Crippen LogP contribution in [0, 0.1) is 0 Å². The molecule has 0 heterocycles. The van der Waals surface area contributed by atoms with E-state index in [9.17, 15) is 0 Å². The number of benzene rings is 9. The molecule has 70 heavy (non-hydrogen) atoms. The van der Waals surface area contributed by atoms with Crippen molar-refractivity contribution in [2.24, 2.45) is 0 Å². The summed E-state index contributed by atoms with van der Waals surface area (Å²) in [5, 5.41) is 0. The smallest absolute Gasteiger partial charge is 0.0105 e. The van der Waals surface area contributed by atoms with Crippen LogP contribution in [0.15, 0.2) is 231 Å². The first-order valence-corrected chi connectivity index (χ1v) is 24.6. The van der Waals surface area contributed by atoms with E-state index >= 15 is 0 Å². The molecule has 0 heteroatoms. The van der Waals surface area contributed by atoms with Crippen LogP contribution in [0.25, 0.3) is 69.9 Å². The summed E-state index contributed by atoms with van der Waals surface area (Å²) in [6, 6.07) is 83.1. The Balaban J connectivity index is 1.03. The van der Waals surface area contributed by atoms with Crippen LogP contribution in [0.3, 0.4) is 0 Å². The second kappa shape index (κ2) is 21.1. The first-order valence-electron chi connectivity index (χ1n) is 24.6. The van der Waals surface area contributed by atoms with Gasteiger partial charge in [-0.1, -0.05) is 284 Å². The maximum absolute atomic E-state index is 2.49. The van der Waals surface area contributed by atoms with Gasteiger partial charge >= 0.3 is 0 Å². The van der Waals surface area contributed by atoms with E-state index in [4.69, 9.17) is 0 Å². The second-order valence-electron chi connectivity index (χ2n) is 20.2. The molecule has 0 aromatic heterocycles. The van der Waals surface area contributed by atoms with Crippen LogP contribution < -0.4 is 0 Å². The zero-order valence-electron chi connectivity index (χ0n) is 41.4. The number of hydrogen-bond acceptors (Lipinski definition) is 0. The first-order chi connectivity index (χ1) is 34.0. The third-order valence-electron chi connectivity index (χ3n) is 13.0. The second-order valence-corrected chi connectivity index (χ2v) is 20.2. The van der Waals surface area contributed by atoms with E-state index in [0.717, 1.165) is 11.1 Å². The van der Waals surface area contributed by atoms with Crippen molar-refractivity contribution in [1.29, 1.82) is 0 Å². The van der Waals surface area contributed by atoms with Gasteiger partial charge in [-0.25, -0.2) is 0 Å². The Hall–Kier alpha value is -8.06. The fourth-order valence-corrected chi connectivity index (χ4v) is 9.31. The highest BCUT2D eigenvalue weighted by atomic mass is 14.3. The van der Waals surface area contributed by atoms with Gasteiger partial charge in [0.05, 0.1) is 0 Å². The zero-order valence-corrected chi connectivity index (χ0v) is 41.4. The van der Waals surface area contributed by atoms with E-state index in [-0.39, 0.29) is 10.8 Å². The minimum absolute atomic E-state index is 0.124. The largest absolute Gasteiger partial charge is 0.0622 e. The van der Waals surface area contributed by atoms with Crippen molar-refractivity contribution >= 4 is 47.6 Å². The quantitative estimate of drug-likeness (QED) is 0.107. The van der Waals surface area contributed by atoms with Gasteiger partial charge in [-0.3, -0.25) is 0 Å². The molecule has 0 saturated carbocycles. The van der Waals surface area contributed by atoms with E-state index in [2.05, 4.69) is 309 Å². The summed E-state index contributed by atoms with van der Waals surface area (Å²) in [7, 11) is 0. The van der Waals surface area contributed by atoms with Crippen molar-refractivity contribution in [2.45, 2.75) is 52.4 Å². The van der Waals surface area contributed by atoms with Crippen molar-refractivity contribution in [3.8, 4) is 22.3 Å². The molecule has 0 amide bonds. The molecule has 0 N–H and O–H groups in total. The Kier molecular flexibility index (Phi) is 14.2. The topological polar surface area (TPSA) is 0 Å². The molecule has 0 radical (unpaired) electrons. The van der Waals surface area contributed by atoms with E-state index in [1.54, 1.807) is 0 Å². The summed E-state index contributed by atoms with van der Waals surface area (Å²) in [6.07, 6.45) is 13.6. The summed E-state index contributed by atoms with van der Waals surface area (Å²) in [4.78, 5) is 0. The lowest BCUT2D eigenvalue weighted by atomic mass is 9.73. The summed E-state index contributed by atoms with van der Waals surface area (Å²) in [6.45, 7) is 14.1. The summed E-state index contributed by atoms with van der Waals surface area (Å²) >= 11 is 0. The summed E-state index contributed by atoms with van der Waals surface area (Å²) in [5.41, 5.74) is 21.7. The number of rotatable bonds is 12. The molecular formula is C70H62. The maximum Gasteiger partial charge on any atom is -0.0105 e. The van der Waals surface area contributed by atoms with Crippen molar-refractivity contribution in [1.82, 2.24) is 0 Å². The first kappa shape index (κ1) is 47.0. The monoisotopic (exact) mass is 902 g/mol. The van der Waals surface area contributed by atoms with Gasteiger partial charge in [0.1, 0.15) is 0 Å². The normalized spacial score (nSPS) is 11.7. The highest BCUT2D eigenvalue weighted by molar-refractivity contribution is 5.93. The molecule has 0 aliphatic rings. The Morgan fingerprint density at radius 1 is 0.271 bits per heavy atom. The Bertz CT molecular complexity index is 2980. The molecule has 9 aromatic rings. The fourth-order valence-electron chi connectivity index (χ4n) is 9.31. The Morgan fingerprint density at radius 3 is 0.843 bits per heavy atom. The molecule has 0 aliphatic heterocycles. The lowest BCUT2D eigenvalue weighted by Gasteiger charge is -2.31. The van der Waals surface area contributed by atoms with Crippen LogP contribution in [0.2, 0.25) is 0 Å². The molecule has 9 rings (SSSR count). The summed E-state index contributed by atoms with van der Waals surface area (Å²) in [5.74, 6) is 0. The van der Waals surface area contributed by atoms with Crippen LogP contribution >= 0.6 is 0 Å². The van der Waals surface area contributed by atoms with Crippen LogP contribution in [-0.4, -0.2) is 0 Å². The van der Waals surface area contributed by atoms with Crippen molar-refractivity contribution < 1.29 is 0 Å². The van der Waals surface area contributed by atoms with Crippen LogP contribution in [0.4, 0.5) is 0 Å². The molecule has 0 unspecified atom stereocenters. The van der Waals surface area contributed by atoms with E-state index in [1.807, 2.05) is 0 Å². The third-order valence-corrected chi connectivity index (χ3v) is 13.0. The molecule has 0 saturated heterocycles. The standard InChI is InChI=1S/C70H62/c1-69(2,3)67-49-66(62-34-22-20-32-60(62)46-44-52-37-41-54(42-38-52)48-64(57-27-15-9-16-28-57)58-29-17-10-18-30-58)68(70(4,5)6)50-65(67)61-33-21-19-31-59(61)45-43-51-35-39-53(40-36-51)47-63(55-23-11-7-12-24-55)56-25-13-8-14-26-56/h7-50H,1-6H3. The van der Waals surface area contributed by atoms with Crippen LogP contribution in [0.5, 0.6) is 0 Å². The van der Waals surface area contributed by atoms with Gasteiger partial charge in [0, 0.05) is 0 Å². The van der Waals surface area contributed by atoms with Gasteiger partial charge in [-0.2, -0.15) is 0 Å². The van der Waals surface area contributed by atoms with Gasteiger partial charge in [0.15, 0.2) is 0 Å². The van der Waals surface area contributed by atoms with Crippen molar-refractivity contribution in [2.75, 3.05) is 0 Å². The van der Waals surface area contributed by atoms with E-state index in [0.29, 0.717) is 0 Å². The average Bonchev–Trinajstić information content (AvgIpc) is 3.39. The van der Waals surface area contributed by atoms with Gasteiger partial charge < -0.3 is 0 Å². The molecule has 0 bridgehead atoms. The lowest BCUT2D eigenvalue weighted by Crippen LogP contribution is -2.18. The zero-order chi connectivity index (χ0) is 48.5. The molecule has 0 aliphatic carbocycles. The minimum Gasteiger partial charge on any atom is -0.0622 e. The van der Waals surface area contributed by atoms with Crippen molar-refractivity contribution in [3.05, 3.63) is 297 Å². The fraction of sp³-hybridized carbons (Fsp3) is 0.114. The van der Waals surface area contributed by atoms with E-state index in [1.165, 1.54) is 89.0 Å². The summed E-state index contributed by atoms with van der Waals surface area (Å²) < 4.78 is 0. The third kappa shape index (κ3) is 11.3. The molecule has 0 spiro atoms. The van der Waals surface area contributed by atoms with Gasteiger partial charge in [-0.05, 0) is 135 Å². The molecule has 342 valence electrons. The lowest BCUT2D eigenvalue weighted by molar-refractivity contribution is 0.580. The Labute approximate surface area is 417 Å². The maximum atomic E-state index is 2.49. The van der Waals surface area contributed by atoms with Crippen LogP contribution in [-0.2, 0) is 10.8 Å². The highest BCUT2D eigenvalue weighted by Crippen LogP contribution is 2.44. The SMILES string of the molecule is CC(C)(C)c1cc(-c2ccccc2C=Cc2ccc(C=C(c3ccccc3)c3ccccc3)cc2)c(C(C)(C)C)cc1-c1ccccc1C=Cc1ccc(C=C(c2ccccc2)c2ccccc2)cc1. The Morgan fingerprint density at radius 2 is 0.543 bits per heavy atom. The molecule has 0 atom stereocenters. The van der Waals surface area contributed by atoms with E-state index < -0.39 is 0 Å². The minimum atomic E-state index is -0.124. The van der Waals surface area contributed by atoms with Gasteiger partial charge in [-0.15, -0.1) is 0 Å². The predicted molar refractivity (Wildman–Crippen MR) is 305 cm³/mol.